The average Bonchev–Trinajstić information content (AvgIpc) is 2.78. The molecular weight excluding hydrogens is 490 g/mol. The SMILES string of the molecule is CPC#Cc1cccc2cccc(B3CC(C)(C)C(C)O3)c12.[Tl]. The summed E-state index contributed by atoms with van der Waals surface area (Å²) < 4.78 is 6.28. The maximum absolute atomic E-state index is 6.28. The van der Waals surface area contributed by atoms with E-state index in [0.717, 1.165) is 11.9 Å². The van der Waals surface area contributed by atoms with Gasteiger partial charge < -0.3 is 4.65 Å². The summed E-state index contributed by atoms with van der Waals surface area (Å²) in [7, 11) is 0.653. The van der Waals surface area contributed by atoms with E-state index in [2.05, 4.69) is 75.4 Å². The van der Waals surface area contributed by atoms with Crippen LogP contribution in [0.1, 0.15) is 26.3 Å². The van der Waals surface area contributed by atoms with E-state index in [1.54, 1.807) is 0 Å². The zero-order valence-electron chi connectivity index (χ0n) is 14.3. The Balaban J connectivity index is 0.00000192. The molecule has 0 aliphatic carbocycles. The number of hydrogen-bond donors (Lipinski definition) is 0. The predicted octanol–water partition coefficient (Wildman–Crippen LogP) is 3.72. The molecule has 1 aliphatic rings. The van der Waals surface area contributed by atoms with Crippen molar-refractivity contribution in [1.82, 2.24) is 0 Å². The second-order valence-electron chi connectivity index (χ2n) is 6.71. The van der Waals surface area contributed by atoms with E-state index < -0.39 is 0 Å². The molecule has 23 heavy (non-hydrogen) atoms. The maximum atomic E-state index is 6.28. The van der Waals surface area contributed by atoms with E-state index in [0.29, 0.717) is 8.58 Å². The number of fused-ring (bicyclic) bond motifs is 1. The molecule has 3 rings (SSSR count). The van der Waals surface area contributed by atoms with Crippen molar-refractivity contribution >= 4 is 59.0 Å². The topological polar surface area (TPSA) is 9.23 Å². The number of benzene rings is 2. The molecule has 4 heteroatoms. The van der Waals surface area contributed by atoms with Crippen LogP contribution in [0.4, 0.5) is 0 Å². The third kappa shape index (κ3) is 3.84. The van der Waals surface area contributed by atoms with Gasteiger partial charge in [-0.15, -0.1) is 0 Å². The molecule has 2 unspecified atom stereocenters. The molecule has 1 nitrogen and oxygen atoms in total. The standard InChI is InChI=1S/C19H22BOP.Tl/c1-14-19(2,3)13-20(21-14)17-10-6-9-15-7-5-8-16(18(15)17)11-12-22-4;/h5-10,14,22H,13H2,1-4H3;. The fourth-order valence-corrected chi connectivity index (χ4v) is 3.44. The summed E-state index contributed by atoms with van der Waals surface area (Å²) >= 11 is 0. The van der Waals surface area contributed by atoms with Crippen molar-refractivity contribution < 1.29 is 4.65 Å². The van der Waals surface area contributed by atoms with Crippen molar-refractivity contribution in [2.24, 2.45) is 5.41 Å². The fourth-order valence-electron chi connectivity index (χ4n) is 3.18. The Morgan fingerprint density at radius 1 is 1.22 bits per heavy atom. The molecule has 0 aromatic heterocycles. The molecule has 0 saturated carbocycles. The molecule has 1 fully saturated rings. The maximum Gasteiger partial charge on any atom is 0.328 e. The molecule has 1 saturated heterocycles. The summed E-state index contributed by atoms with van der Waals surface area (Å²) in [4.78, 5) is 0. The zero-order chi connectivity index (χ0) is 15.7. The smallest absolute Gasteiger partial charge is 0.328 e. The molecule has 0 N–H and O–H groups in total. The Morgan fingerprint density at radius 2 is 1.91 bits per heavy atom. The van der Waals surface area contributed by atoms with Crippen LogP contribution in [0, 0.1) is 17.0 Å². The van der Waals surface area contributed by atoms with Crippen molar-refractivity contribution in [2.75, 3.05) is 6.66 Å². The Bertz CT molecular complexity index is 758. The zero-order valence-corrected chi connectivity index (χ0v) is 19.8. The largest absolute Gasteiger partial charge is 0.428 e. The van der Waals surface area contributed by atoms with Gasteiger partial charge in [-0.1, -0.05) is 55.8 Å². The molecule has 1 heterocycles. The van der Waals surface area contributed by atoms with E-state index >= 15 is 0 Å². The first-order valence-corrected chi connectivity index (χ1v) is 9.38. The normalized spacial score (nSPS) is 19.7. The van der Waals surface area contributed by atoms with Gasteiger partial charge >= 0.3 is 6.92 Å². The van der Waals surface area contributed by atoms with Crippen LogP contribution >= 0.6 is 8.58 Å². The third-order valence-electron chi connectivity index (χ3n) is 4.79. The monoisotopic (exact) mass is 513 g/mol. The summed E-state index contributed by atoms with van der Waals surface area (Å²) in [6.07, 6.45) is 1.34. The molecule has 0 amide bonds. The van der Waals surface area contributed by atoms with Crippen molar-refractivity contribution in [3.63, 3.8) is 0 Å². The molecule has 1 radical (unpaired) electrons. The van der Waals surface area contributed by atoms with Crippen molar-refractivity contribution in [2.45, 2.75) is 33.2 Å². The van der Waals surface area contributed by atoms with Crippen LogP contribution in [-0.4, -0.2) is 47.0 Å². The summed E-state index contributed by atoms with van der Waals surface area (Å²) in [5.41, 5.74) is 5.88. The van der Waals surface area contributed by atoms with Crippen LogP contribution in [0.25, 0.3) is 10.8 Å². The van der Waals surface area contributed by atoms with Crippen LogP contribution in [0.2, 0.25) is 6.32 Å². The van der Waals surface area contributed by atoms with E-state index in [-0.39, 0.29) is 45.7 Å². The average molecular weight is 513 g/mol. The minimum Gasteiger partial charge on any atom is -0.428 e. The number of hydrogen-bond acceptors (Lipinski definition) is 1. The quantitative estimate of drug-likeness (QED) is 0.322. The molecule has 2 aromatic rings. The van der Waals surface area contributed by atoms with Crippen LogP contribution in [0.3, 0.4) is 0 Å². The van der Waals surface area contributed by atoms with E-state index in [1.165, 1.54) is 16.2 Å². The third-order valence-corrected chi connectivity index (χ3v) is 5.16. The van der Waals surface area contributed by atoms with E-state index in [1.807, 2.05) is 0 Å². The predicted molar refractivity (Wildman–Crippen MR) is 105 cm³/mol. The van der Waals surface area contributed by atoms with Gasteiger partial charge in [0.1, 0.15) is 0 Å². The van der Waals surface area contributed by atoms with Crippen molar-refractivity contribution in [3.05, 3.63) is 42.0 Å². The second kappa shape index (κ2) is 7.68. The van der Waals surface area contributed by atoms with Gasteiger partial charge in [0, 0.05) is 39.0 Å². The van der Waals surface area contributed by atoms with Gasteiger partial charge in [-0.2, -0.15) is 0 Å². The van der Waals surface area contributed by atoms with Gasteiger partial charge in [0.15, 0.2) is 0 Å². The second-order valence-corrected chi connectivity index (χ2v) is 7.46. The summed E-state index contributed by atoms with van der Waals surface area (Å²) in [6.45, 7) is 9.05. The first-order valence-electron chi connectivity index (χ1n) is 7.88. The Morgan fingerprint density at radius 3 is 2.52 bits per heavy atom. The number of rotatable bonds is 1. The minimum absolute atomic E-state index is 0. The van der Waals surface area contributed by atoms with Crippen LogP contribution in [-0.2, 0) is 4.65 Å². The van der Waals surface area contributed by atoms with Crippen molar-refractivity contribution in [1.29, 1.82) is 0 Å². The van der Waals surface area contributed by atoms with E-state index in [9.17, 15) is 0 Å². The molecule has 115 valence electrons. The fraction of sp³-hybridized carbons (Fsp3) is 0.368. The van der Waals surface area contributed by atoms with Gasteiger partial charge in [0.25, 0.3) is 0 Å². The van der Waals surface area contributed by atoms with Crippen LogP contribution in [0.5, 0.6) is 0 Å². The van der Waals surface area contributed by atoms with Gasteiger partial charge in [-0.25, -0.2) is 0 Å². The van der Waals surface area contributed by atoms with Crippen LogP contribution in [0.15, 0.2) is 36.4 Å². The first kappa shape index (κ1) is 19.0. The Labute approximate surface area is 162 Å². The molecule has 2 aromatic carbocycles. The Kier molecular flexibility index (Phi) is 6.33. The van der Waals surface area contributed by atoms with Gasteiger partial charge in [-0.3, -0.25) is 0 Å². The molecule has 0 bridgehead atoms. The molecule has 1 aliphatic heterocycles. The summed E-state index contributed by atoms with van der Waals surface area (Å²) in [5.74, 6) is 3.34. The van der Waals surface area contributed by atoms with Crippen molar-refractivity contribution in [3.8, 4) is 11.6 Å². The van der Waals surface area contributed by atoms with E-state index in [4.69, 9.17) is 4.65 Å². The van der Waals surface area contributed by atoms with Gasteiger partial charge in [-0.05, 0) is 56.2 Å². The molecular formula is C19H22BOPTl. The summed E-state index contributed by atoms with van der Waals surface area (Å²) in [6, 6.07) is 12.9. The first-order chi connectivity index (χ1) is 10.5. The molecule has 2 atom stereocenters. The van der Waals surface area contributed by atoms with Gasteiger partial charge in [0.2, 0.25) is 0 Å². The molecule has 0 spiro atoms. The van der Waals surface area contributed by atoms with Crippen LogP contribution < -0.4 is 5.46 Å². The Hall–Kier alpha value is -0.363. The minimum atomic E-state index is 0. The summed E-state index contributed by atoms with van der Waals surface area (Å²) in [5, 5.41) is 2.52. The van der Waals surface area contributed by atoms with Gasteiger partial charge in [0.05, 0.1) is 0 Å².